The van der Waals surface area contributed by atoms with Crippen LogP contribution in [0.25, 0.3) is 0 Å². The summed E-state index contributed by atoms with van der Waals surface area (Å²) in [5.74, 6) is -0.894. The van der Waals surface area contributed by atoms with Crippen LogP contribution in [0.15, 0.2) is 18.2 Å². The van der Waals surface area contributed by atoms with Crippen LogP contribution in [0.3, 0.4) is 0 Å². The van der Waals surface area contributed by atoms with Gasteiger partial charge in [0, 0.05) is 16.0 Å². The van der Waals surface area contributed by atoms with E-state index in [0.717, 1.165) is 5.56 Å². The summed E-state index contributed by atoms with van der Waals surface area (Å²) >= 11 is 14.9. The first kappa shape index (κ1) is 11.2. The Labute approximate surface area is 105 Å². The molecule has 2 nitrogen and oxygen atoms in total. The molecule has 2 unspecified atom stereocenters. The lowest BCUT2D eigenvalue weighted by Gasteiger charge is -2.04. The number of carbonyl (C=O) groups is 1. The molecule has 0 aromatic heterocycles. The van der Waals surface area contributed by atoms with Gasteiger partial charge in [-0.2, -0.15) is 0 Å². The van der Waals surface area contributed by atoms with Gasteiger partial charge in [0.25, 0.3) is 0 Å². The van der Waals surface area contributed by atoms with Crippen LogP contribution in [-0.4, -0.2) is 15.4 Å². The minimum absolute atomic E-state index is 0.0498. The monoisotopic (exact) mass is 308 g/mol. The molecular weight excluding hydrogens is 303 g/mol. The number of aliphatic carboxylic acids is 1. The van der Waals surface area contributed by atoms with E-state index in [1.54, 1.807) is 18.2 Å². The minimum atomic E-state index is -0.844. The van der Waals surface area contributed by atoms with Gasteiger partial charge in [0.2, 0.25) is 0 Å². The fourth-order valence-corrected chi connectivity index (χ4v) is 2.76. The predicted octanol–water partition coefficient (Wildman–Crippen LogP) is 3.70. The number of benzene rings is 1. The minimum Gasteiger partial charge on any atom is -0.480 e. The molecule has 0 heterocycles. The molecule has 1 aromatic carbocycles. The van der Waals surface area contributed by atoms with Crippen molar-refractivity contribution in [2.24, 2.45) is 0 Å². The zero-order valence-electron chi connectivity index (χ0n) is 7.51. The molecule has 1 N–H and O–H groups in total. The molecule has 0 aliphatic heterocycles. The maximum atomic E-state index is 10.9. The van der Waals surface area contributed by atoms with Crippen molar-refractivity contribution in [1.82, 2.24) is 0 Å². The number of alkyl halides is 1. The highest BCUT2D eigenvalue weighted by molar-refractivity contribution is 9.10. The van der Waals surface area contributed by atoms with Gasteiger partial charge >= 0.3 is 5.97 Å². The van der Waals surface area contributed by atoms with Crippen LogP contribution in [0.5, 0.6) is 0 Å². The van der Waals surface area contributed by atoms with Crippen LogP contribution in [0, 0.1) is 0 Å². The lowest BCUT2D eigenvalue weighted by atomic mass is 10.1. The summed E-state index contributed by atoms with van der Waals surface area (Å²) in [5, 5.41) is 10.0. The molecule has 15 heavy (non-hydrogen) atoms. The first-order chi connectivity index (χ1) is 6.93. The smallest absolute Gasteiger partial charge is 0.321 e. The van der Waals surface area contributed by atoms with E-state index >= 15 is 0 Å². The van der Waals surface area contributed by atoms with Gasteiger partial charge in [-0.25, -0.2) is 0 Å². The van der Waals surface area contributed by atoms with Gasteiger partial charge in [-0.05, 0) is 30.2 Å². The summed E-state index contributed by atoms with van der Waals surface area (Å²) in [6.45, 7) is 0. The highest BCUT2D eigenvalue weighted by Gasteiger charge is 2.59. The van der Waals surface area contributed by atoms with E-state index in [1.807, 2.05) is 0 Å². The SMILES string of the molecule is O=C(O)C1(Br)CC1c1cc(Cl)cc(Cl)c1. The van der Waals surface area contributed by atoms with Crippen LogP contribution < -0.4 is 0 Å². The maximum Gasteiger partial charge on any atom is 0.321 e. The predicted molar refractivity (Wildman–Crippen MR) is 63.1 cm³/mol. The molecule has 1 aliphatic rings. The first-order valence-corrected chi connectivity index (χ1v) is 5.86. The quantitative estimate of drug-likeness (QED) is 0.846. The van der Waals surface area contributed by atoms with Crippen molar-refractivity contribution in [1.29, 1.82) is 0 Å². The molecule has 0 amide bonds. The van der Waals surface area contributed by atoms with E-state index in [4.69, 9.17) is 28.3 Å². The Balaban J connectivity index is 2.30. The van der Waals surface area contributed by atoms with E-state index in [2.05, 4.69) is 15.9 Å². The second-order valence-electron chi connectivity index (χ2n) is 3.63. The molecule has 0 radical (unpaired) electrons. The number of carboxylic acid groups (broad SMARTS) is 1. The molecular formula is C10H7BrCl2O2. The van der Waals surface area contributed by atoms with Crippen molar-refractivity contribution in [3.63, 3.8) is 0 Å². The Kier molecular flexibility index (Phi) is 2.73. The van der Waals surface area contributed by atoms with Crippen LogP contribution in [0.2, 0.25) is 10.0 Å². The van der Waals surface area contributed by atoms with Crippen molar-refractivity contribution in [2.75, 3.05) is 0 Å². The van der Waals surface area contributed by atoms with Crippen molar-refractivity contribution in [2.45, 2.75) is 16.7 Å². The Morgan fingerprint density at radius 2 is 1.93 bits per heavy atom. The Morgan fingerprint density at radius 1 is 1.40 bits per heavy atom. The molecule has 2 rings (SSSR count). The second-order valence-corrected chi connectivity index (χ2v) is 5.92. The van der Waals surface area contributed by atoms with Crippen molar-refractivity contribution >= 4 is 45.1 Å². The Bertz CT molecular complexity index is 415. The number of rotatable bonds is 2. The maximum absolute atomic E-state index is 10.9. The highest BCUT2D eigenvalue weighted by atomic mass is 79.9. The molecule has 1 aliphatic carbocycles. The lowest BCUT2D eigenvalue weighted by Crippen LogP contribution is -2.15. The molecule has 0 spiro atoms. The van der Waals surface area contributed by atoms with Gasteiger partial charge < -0.3 is 5.11 Å². The summed E-state index contributed by atoms with van der Waals surface area (Å²) < 4.78 is -0.832. The van der Waals surface area contributed by atoms with Crippen LogP contribution >= 0.6 is 39.1 Å². The molecule has 1 aromatic rings. The van der Waals surface area contributed by atoms with Crippen molar-refractivity contribution in [3.8, 4) is 0 Å². The summed E-state index contributed by atoms with van der Waals surface area (Å²) in [6, 6.07) is 5.14. The van der Waals surface area contributed by atoms with Gasteiger partial charge in [0.05, 0.1) is 0 Å². The third-order valence-electron chi connectivity index (χ3n) is 2.54. The molecule has 80 valence electrons. The van der Waals surface area contributed by atoms with Crippen LogP contribution in [0.1, 0.15) is 17.9 Å². The van der Waals surface area contributed by atoms with Gasteiger partial charge in [-0.3, -0.25) is 4.79 Å². The van der Waals surface area contributed by atoms with E-state index in [-0.39, 0.29) is 5.92 Å². The number of halogens is 3. The van der Waals surface area contributed by atoms with E-state index in [9.17, 15) is 4.79 Å². The summed E-state index contributed by atoms with van der Waals surface area (Å²) in [7, 11) is 0. The largest absolute Gasteiger partial charge is 0.480 e. The van der Waals surface area contributed by atoms with Crippen LogP contribution in [0.4, 0.5) is 0 Å². The van der Waals surface area contributed by atoms with Gasteiger partial charge in [0.1, 0.15) is 4.32 Å². The van der Waals surface area contributed by atoms with Gasteiger partial charge in [-0.1, -0.05) is 39.1 Å². The third-order valence-corrected chi connectivity index (χ3v) is 4.19. The summed E-state index contributed by atoms with van der Waals surface area (Å²) in [6.07, 6.45) is 0.568. The first-order valence-electron chi connectivity index (χ1n) is 4.32. The number of hydrogen-bond acceptors (Lipinski definition) is 1. The van der Waals surface area contributed by atoms with Crippen LogP contribution in [-0.2, 0) is 4.79 Å². The molecule has 1 saturated carbocycles. The molecule has 2 atom stereocenters. The number of hydrogen-bond donors (Lipinski definition) is 1. The molecule has 1 fully saturated rings. The topological polar surface area (TPSA) is 37.3 Å². The average molecular weight is 310 g/mol. The lowest BCUT2D eigenvalue weighted by molar-refractivity contribution is -0.137. The van der Waals surface area contributed by atoms with Crippen molar-refractivity contribution in [3.05, 3.63) is 33.8 Å². The highest BCUT2D eigenvalue weighted by Crippen LogP contribution is 2.58. The molecule has 0 saturated heterocycles. The fraction of sp³-hybridized carbons (Fsp3) is 0.300. The van der Waals surface area contributed by atoms with Crippen molar-refractivity contribution < 1.29 is 9.90 Å². The van der Waals surface area contributed by atoms with Gasteiger partial charge in [0.15, 0.2) is 0 Å². The molecule has 0 bridgehead atoms. The second kappa shape index (κ2) is 3.65. The number of carboxylic acids is 1. The normalized spacial score (nSPS) is 28.9. The Hall–Kier alpha value is -0.250. The van der Waals surface area contributed by atoms with E-state index in [1.165, 1.54) is 0 Å². The zero-order chi connectivity index (χ0) is 11.2. The average Bonchev–Trinajstić information content (AvgIpc) is 2.78. The Morgan fingerprint density at radius 3 is 2.33 bits per heavy atom. The molecule has 5 heteroatoms. The zero-order valence-corrected chi connectivity index (χ0v) is 10.6. The van der Waals surface area contributed by atoms with Gasteiger partial charge in [-0.15, -0.1) is 0 Å². The standard InChI is InChI=1S/C10H7BrCl2O2/c11-10(9(14)15)4-8(10)5-1-6(12)3-7(13)2-5/h1-3,8H,4H2,(H,14,15). The summed E-state index contributed by atoms with van der Waals surface area (Å²) in [4.78, 5) is 10.9. The van der Waals surface area contributed by atoms with E-state index in [0.29, 0.717) is 16.5 Å². The summed E-state index contributed by atoms with van der Waals surface area (Å²) in [5.41, 5.74) is 0.867. The fourth-order valence-electron chi connectivity index (χ4n) is 1.63. The van der Waals surface area contributed by atoms with E-state index < -0.39 is 10.3 Å². The third kappa shape index (κ3) is 2.01.